The Balaban J connectivity index is 1.77. The number of carbonyl (C=O) groups is 1. The predicted molar refractivity (Wildman–Crippen MR) is 99.5 cm³/mol. The summed E-state index contributed by atoms with van der Waals surface area (Å²) in [6, 6.07) is 14.2. The fourth-order valence-corrected chi connectivity index (χ4v) is 2.75. The highest BCUT2D eigenvalue weighted by Gasteiger charge is 2.18. The van der Waals surface area contributed by atoms with Crippen molar-refractivity contribution in [3.05, 3.63) is 71.7 Å². The van der Waals surface area contributed by atoms with Crippen LogP contribution in [0.2, 0.25) is 0 Å². The van der Waals surface area contributed by atoms with Crippen molar-refractivity contribution in [3.8, 4) is 22.8 Å². The molecule has 0 saturated carbocycles. The van der Waals surface area contributed by atoms with E-state index >= 15 is 0 Å². The van der Waals surface area contributed by atoms with Crippen LogP contribution >= 0.6 is 0 Å². The van der Waals surface area contributed by atoms with Crippen LogP contribution in [-0.4, -0.2) is 20.1 Å². The maximum atomic E-state index is 13.0. The lowest BCUT2D eigenvalue weighted by atomic mass is 10.1. The second-order valence-corrected chi connectivity index (χ2v) is 5.97. The summed E-state index contributed by atoms with van der Waals surface area (Å²) in [6.45, 7) is 1.85. The first-order chi connectivity index (χ1) is 13.0. The molecule has 1 N–H and O–H groups in total. The predicted octanol–water partition coefficient (Wildman–Crippen LogP) is 4.59. The normalized spacial score (nSPS) is 11.7. The third kappa shape index (κ3) is 4.11. The minimum Gasteiger partial charge on any atom is -0.497 e. The second-order valence-electron chi connectivity index (χ2n) is 5.97. The van der Waals surface area contributed by atoms with Crippen molar-refractivity contribution >= 4 is 5.91 Å². The first-order valence-electron chi connectivity index (χ1n) is 8.40. The summed E-state index contributed by atoms with van der Waals surface area (Å²) in [7, 11) is 3.15. The number of amides is 1. The monoisotopic (exact) mass is 369 g/mol. The molecule has 0 fully saturated rings. The van der Waals surface area contributed by atoms with Crippen LogP contribution in [0, 0.1) is 5.82 Å². The van der Waals surface area contributed by atoms with E-state index in [2.05, 4.69) is 5.32 Å². The van der Waals surface area contributed by atoms with Crippen LogP contribution in [0.25, 0.3) is 11.3 Å². The molecule has 5 nitrogen and oxygen atoms in total. The van der Waals surface area contributed by atoms with Crippen LogP contribution in [0.5, 0.6) is 11.5 Å². The van der Waals surface area contributed by atoms with Gasteiger partial charge >= 0.3 is 0 Å². The molecule has 0 aliphatic heterocycles. The smallest absolute Gasteiger partial charge is 0.287 e. The molecule has 3 rings (SSSR count). The average Bonchev–Trinajstić information content (AvgIpc) is 3.18. The first kappa shape index (κ1) is 18.5. The van der Waals surface area contributed by atoms with Crippen LogP contribution in [-0.2, 0) is 0 Å². The van der Waals surface area contributed by atoms with E-state index in [1.54, 1.807) is 50.6 Å². The summed E-state index contributed by atoms with van der Waals surface area (Å²) in [5.41, 5.74) is 1.48. The van der Waals surface area contributed by atoms with E-state index in [-0.39, 0.29) is 23.5 Å². The van der Waals surface area contributed by atoms with Gasteiger partial charge in [-0.2, -0.15) is 0 Å². The molecule has 0 bridgehead atoms. The van der Waals surface area contributed by atoms with Gasteiger partial charge in [0.15, 0.2) is 5.76 Å². The van der Waals surface area contributed by atoms with E-state index in [1.165, 1.54) is 12.1 Å². The van der Waals surface area contributed by atoms with E-state index in [1.807, 2.05) is 13.0 Å². The largest absolute Gasteiger partial charge is 0.497 e. The molecule has 140 valence electrons. The number of furan rings is 1. The Morgan fingerprint density at radius 1 is 1.04 bits per heavy atom. The Labute approximate surface area is 156 Å². The number of halogens is 1. The van der Waals surface area contributed by atoms with Gasteiger partial charge in [0.2, 0.25) is 0 Å². The molecule has 0 radical (unpaired) electrons. The summed E-state index contributed by atoms with van der Waals surface area (Å²) in [4.78, 5) is 12.5. The van der Waals surface area contributed by atoms with Crippen LogP contribution in [0.3, 0.4) is 0 Å². The van der Waals surface area contributed by atoms with E-state index in [0.717, 1.165) is 5.56 Å². The summed E-state index contributed by atoms with van der Waals surface area (Å²) in [6.07, 6.45) is 0. The van der Waals surface area contributed by atoms with Gasteiger partial charge in [-0.1, -0.05) is 0 Å². The zero-order chi connectivity index (χ0) is 19.4. The number of benzene rings is 2. The molecule has 3 aromatic rings. The summed E-state index contributed by atoms with van der Waals surface area (Å²) >= 11 is 0. The maximum absolute atomic E-state index is 13.0. The highest BCUT2D eigenvalue weighted by molar-refractivity contribution is 5.92. The SMILES string of the molecule is COc1ccc(OC)c([C@@H](C)NC(=O)c2ccc(-c3ccc(F)cc3)o2)c1. The third-order valence-electron chi connectivity index (χ3n) is 4.21. The number of rotatable bonds is 6. The second kappa shape index (κ2) is 7.95. The van der Waals surface area contributed by atoms with Gasteiger partial charge in [-0.3, -0.25) is 4.79 Å². The lowest BCUT2D eigenvalue weighted by Gasteiger charge is -2.17. The van der Waals surface area contributed by atoms with Crippen molar-refractivity contribution in [3.63, 3.8) is 0 Å². The van der Waals surface area contributed by atoms with Crippen LogP contribution in [0.15, 0.2) is 59.0 Å². The molecular weight excluding hydrogens is 349 g/mol. The fraction of sp³-hybridized carbons (Fsp3) is 0.190. The van der Waals surface area contributed by atoms with Crippen molar-refractivity contribution < 1.29 is 23.1 Å². The molecule has 1 aromatic heterocycles. The highest BCUT2D eigenvalue weighted by atomic mass is 19.1. The Kier molecular flexibility index (Phi) is 5.45. The summed E-state index contributed by atoms with van der Waals surface area (Å²) < 4.78 is 29.3. The van der Waals surface area contributed by atoms with Crippen molar-refractivity contribution in [2.45, 2.75) is 13.0 Å². The van der Waals surface area contributed by atoms with Crippen molar-refractivity contribution in [2.24, 2.45) is 0 Å². The number of hydrogen-bond donors (Lipinski definition) is 1. The number of nitrogens with one attached hydrogen (secondary N) is 1. The molecule has 6 heteroatoms. The first-order valence-corrected chi connectivity index (χ1v) is 8.40. The van der Waals surface area contributed by atoms with E-state index in [4.69, 9.17) is 13.9 Å². The van der Waals surface area contributed by atoms with Crippen LogP contribution in [0.4, 0.5) is 4.39 Å². The van der Waals surface area contributed by atoms with Gasteiger partial charge in [0.05, 0.1) is 20.3 Å². The standard InChI is InChI=1S/C21H20FNO4/c1-13(17-12-16(25-2)8-9-19(17)26-3)23-21(24)20-11-10-18(27-20)14-4-6-15(22)7-5-14/h4-13H,1-3H3,(H,23,24)/t13-/m1/s1. The van der Waals surface area contributed by atoms with Gasteiger partial charge < -0.3 is 19.2 Å². The van der Waals surface area contributed by atoms with E-state index in [9.17, 15) is 9.18 Å². The third-order valence-corrected chi connectivity index (χ3v) is 4.21. The Hall–Kier alpha value is -3.28. The minimum absolute atomic E-state index is 0.169. The Morgan fingerprint density at radius 3 is 2.44 bits per heavy atom. The molecule has 0 aliphatic rings. The van der Waals surface area contributed by atoms with Gasteiger partial charge in [-0.25, -0.2) is 4.39 Å². The highest BCUT2D eigenvalue weighted by Crippen LogP contribution is 2.30. The molecular formula is C21H20FNO4. The molecule has 0 spiro atoms. The molecule has 1 atom stereocenters. The minimum atomic E-state index is -0.360. The fourth-order valence-electron chi connectivity index (χ4n) is 2.75. The number of methoxy groups -OCH3 is 2. The maximum Gasteiger partial charge on any atom is 0.287 e. The van der Waals surface area contributed by atoms with Crippen LogP contribution < -0.4 is 14.8 Å². The van der Waals surface area contributed by atoms with Gasteiger partial charge in [0.1, 0.15) is 23.1 Å². The lowest BCUT2D eigenvalue weighted by Crippen LogP contribution is -2.26. The zero-order valence-corrected chi connectivity index (χ0v) is 15.3. The number of carbonyl (C=O) groups excluding carboxylic acids is 1. The molecule has 1 heterocycles. The molecule has 0 saturated heterocycles. The quantitative estimate of drug-likeness (QED) is 0.690. The molecule has 27 heavy (non-hydrogen) atoms. The average molecular weight is 369 g/mol. The zero-order valence-electron chi connectivity index (χ0n) is 15.3. The van der Waals surface area contributed by atoms with Crippen molar-refractivity contribution in [2.75, 3.05) is 14.2 Å². The lowest BCUT2D eigenvalue weighted by molar-refractivity contribution is 0.0912. The molecule has 1 amide bonds. The van der Waals surface area contributed by atoms with Gasteiger partial charge in [0, 0.05) is 11.1 Å². The number of ether oxygens (including phenoxy) is 2. The topological polar surface area (TPSA) is 60.7 Å². The molecule has 0 unspecified atom stereocenters. The molecule has 0 aliphatic carbocycles. The summed E-state index contributed by atoms with van der Waals surface area (Å²) in [5, 5.41) is 2.88. The molecule has 2 aromatic carbocycles. The van der Waals surface area contributed by atoms with Crippen molar-refractivity contribution in [1.82, 2.24) is 5.32 Å². The van der Waals surface area contributed by atoms with E-state index in [0.29, 0.717) is 22.8 Å². The van der Waals surface area contributed by atoms with Gasteiger partial charge in [-0.15, -0.1) is 0 Å². The van der Waals surface area contributed by atoms with Crippen molar-refractivity contribution in [1.29, 1.82) is 0 Å². The Morgan fingerprint density at radius 2 is 1.78 bits per heavy atom. The summed E-state index contributed by atoms with van der Waals surface area (Å²) in [5.74, 6) is 1.29. The van der Waals surface area contributed by atoms with Crippen LogP contribution in [0.1, 0.15) is 29.1 Å². The Bertz CT molecular complexity index is 934. The van der Waals surface area contributed by atoms with Gasteiger partial charge in [-0.05, 0) is 61.5 Å². The van der Waals surface area contributed by atoms with E-state index < -0.39 is 0 Å². The number of hydrogen-bond acceptors (Lipinski definition) is 4. The van der Waals surface area contributed by atoms with Gasteiger partial charge in [0.25, 0.3) is 5.91 Å².